The molecule has 1 aromatic heterocycles. The molecule has 8 nitrogen and oxygen atoms in total. The number of phenols is 1. The molecule has 1 saturated heterocycles. The number of anilines is 1. The number of Topliss-reactive ketones (excluding diaryl/α,β-unsaturated/α-hetero) is 1. The number of amides is 1. The van der Waals surface area contributed by atoms with E-state index in [1.807, 2.05) is 0 Å². The number of rotatable bonds is 5. The summed E-state index contributed by atoms with van der Waals surface area (Å²) in [7, 11) is 0. The summed E-state index contributed by atoms with van der Waals surface area (Å²) in [5.74, 6) is -2.74. The first-order valence-electron chi connectivity index (χ1n) is 9.21. The molecule has 0 bridgehead atoms. The minimum atomic E-state index is -1.06. The Morgan fingerprint density at radius 2 is 1.97 bits per heavy atom. The molecule has 2 heterocycles. The van der Waals surface area contributed by atoms with Crippen LogP contribution < -0.4 is 9.64 Å². The summed E-state index contributed by atoms with van der Waals surface area (Å²) >= 11 is 1.05. The summed E-state index contributed by atoms with van der Waals surface area (Å²) in [6, 6.07) is 8.21. The lowest BCUT2D eigenvalue weighted by Gasteiger charge is -2.23. The van der Waals surface area contributed by atoms with Gasteiger partial charge in [0.15, 0.2) is 11.5 Å². The van der Waals surface area contributed by atoms with Gasteiger partial charge in [0.05, 0.1) is 18.2 Å². The van der Waals surface area contributed by atoms with Crippen LogP contribution in [0.2, 0.25) is 0 Å². The molecule has 3 aromatic rings. The zero-order valence-corrected chi connectivity index (χ0v) is 17.0. The molecule has 1 fully saturated rings. The number of ketones is 1. The Labute approximate surface area is 179 Å². The first kappa shape index (κ1) is 20.5. The van der Waals surface area contributed by atoms with E-state index in [4.69, 9.17) is 4.74 Å². The number of carbonyl (C=O) groups excluding carboxylic acids is 2. The number of benzene rings is 2. The number of aliphatic hydroxyl groups excluding tert-OH is 1. The topological polar surface area (TPSA) is 113 Å². The maximum atomic E-state index is 13.3. The van der Waals surface area contributed by atoms with Gasteiger partial charge in [-0.3, -0.25) is 14.5 Å². The van der Waals surface area contributed by atoms with Crippen LogP contribution in [0, 0.1) is 5.82 Å². The molecule has 2 aromatic carbocycles. The Bertz CT molecular complexity index is 1180. The van der Waals surface area contributed by atoms with Gasteiger partial charge in [0.25, 0.3) is 5.78 Å². The highest BCUT2D eigenvalue weighted by Gasteiger charge is 2.48. The molecule has 1 amide bonds. The lowest BCUT2D eigenvalue weighted by molar-refractivity contribution is -0.132. The molecule has 0 aliphatic carbocycles. The summed E-state index contributed by atoms with van der Waals surface area (Å²) in [5, 5.41) is 28.8. The molecule has 0 unspecified atom stereocenters. The second-order valence-electron chi connectivity index (χ2n) is 6.56. The number of phenolic OH excluding ortho intramolecular Hbond substituents is 1. The van der Waals surface area contributed by atoms with E-state index in [0.29, 0.717) is 5.56 Å². The molecule has 0 saturated carbocycles. The van der Waals surface area contributed by atoms with Crippen molar-refractivity contribution in [3.63, 3.8) is 0 Å². The number of halogens is 1. The first-order chi connectivity index (χ1) is 14.9. The van der Waals surface area contributed by atoms with Crippen molar-refractivity contribution in [2.24, 2.45) is 0 Å². The van der Waals surface area contributed by atoms with Crippen molar-refractivity contribution in [1.82, 2.24) is 10.2 Å². The minimum absolute atomic E-state index is 0.114. The molecule has 4 rings (SSSR count). The van der Waals surface area contributed by atoms with Crippen LogP contribution in [0.5, 0.6) is 11.5 Å². The average Bonchev–Trinajstić information content (AvgIpc) is 3.37. The molecular weight excluding hydrogens is 425 g/mol. The van der Waals surface area contributed by atoms with Gasteiger partial charge in [0.1, 0.15) is 17.1 Å². The molecule has 1 aliphatic rings. The Balaban J connectivity index is 1.94. The van der Waals surface area contributed by atoms with E-state index >= 15 is 0 Å². The van der Waals surface area contributed by atoms with E-state index in [-0.39, 0.29) is 34.4 Å². The highest BCUT2D eigenvalue weighted by atomic mass is 32.1. The van der Waals surface area contributed by atoms with Crippen molar-refractivity contribution in [3.8, 4) is 11.5 Å². The Morgan fingerprint density at radius 3 is 2.61 bits per heavy atom. The quantitative estimate of drug-likeness (QED) is 0.354. The van der Waals surface area contributed by atoms with Gasteiger partial charge >= 0.3 is 5.91 Å². The van der Waals surface area contributed by atoms with Gasteiger partial charge in [-0.2, -0.15) is 0 Å². The molecular formula is C21H16FN3O5S. The number of aromatic nitrogens is 2. The largest absolute Gasteiger partial charge is 0.507 e. The maximum Gasteiger partial charge on any atom is 0.301 e. The number of hydrogen-bond acceptors (Lipinski definition) is 8. The molecule has 2 N–H and O–H groups in total. The summed E-state index contributed by atoms with van der Waals surface area (Å²) in [5.41, 5.74) is 1.79. The number of carbonyl (C=O) groups is 2. The van der Waals surface area contributed by atoms with Gasteiger partial charge < -0.3 is 14.9 Å². The van der Waals surface area contributed by atoms with Gasteiger partial charge in [-0.25, -0.2) is 4.39 Å². The van der Waals surface area contributed by atoms with Crippen molar-refractivity contribution >= 4 is 33.9 Å². The van der Waals surface area contributed by atoms with E-state index in [2.05, 4.69) is 10.2 Å². The fraction of sp³-hybridized carbons (Fsp3) is 0.143. The van der Waals surface area contributed by atoms with E-state index in [1.165, 1.54) is 35.8 Å². The third-order valence-corrected chi connectivity index (χ3v) is 5.40. The third kappa shape index (κ3) is 3.61. The first-order valence-corrected chi connectivity index (χ1v) is 10.1. The van der Waals surface area contributed by atoms with Crippen molar-refractivity contribution in [3.05, 3.63) is 70.5 Å². The lowest BCUT2D eigenvalue weighted by atomic mass is 9.95. The van der Waals surface area contributed by atoms with Crippen molar-refractivity contribution < 1.29 is 28.9 Å². The molecule has 10 heteroatoms. The van der Waals surface area contributed by atoms with Crippen LogP contribution in [-0.2, 0) is 9.59 Å². The van der Waals surface area contributed by atoms with Crippen LogP contribution in [-0.4, -0.2) is 38.7 Å². The van der Waals surface area contributed by atoms with Crippen molar-refractivity contribution in [2.45, 2.75) is 13.0 Å². The molecule has 158 valence electrons. The predicted octanol–water partition coefficient (Wildman–Crippen LogP) is 3.41. The van der Waals surface area contributed by atoms with Crippen LogP contribution >= 0.6 is 11.3 Å². The zero-order valence-electron chi connectivity index (χ0n) is 16.2. The summed E-state index contributed by atoms with van der Waals surface area (Å²) in [6.45, 7) is 2.02. The Kier molecular flexibility index (Phi) is 5.38. The summed E-state index contributed by atoms with van der Waals surface area (Å²) < 4.78 is 18.8. The second kappa shape index (κ2) is 8.15. The number of hydrogen-bond donors (Lipinski definition) is 2. The fourth-order valence-corrected chi connectivity index (χ4v) is 3.94. The van der Waals surface area contributed by atoms with Crippen molar-refractivity contribution in [1.29, 1.82) is 0 Å². The second-order valence-corrected chi connectivity index (χ2v) is 7.37. The van der Waals surface area contributed by atoms with Crippen LogP contribution in [0.1, 0.15) is 24.1 Å². The monoisotopic (exact) mass is 441 g/mol. The zero-order chi connectivity index (χ0) is 22.1. The SMILES string of the molecule is CCOc1cc([C@H]2/C(=C(\O)c3ccc(F)cc3)C(=O)C(=O)N2c2nncs2)ccc1O. The lowest BCUT2D eigenvalue weighted by Crippen LogP contribution is -2.29. The van der Waals surface area contributed by atoms with Gasteiger partial charge in [-0.1, -0.05) is 17.4 Å². The van der Waals surface area contributed by atoms with Gasteiger partial charge in [0, 0.05) is 5.56 Å². The number of nitrogens with zero attached hydrogens (tertiary/aromatic N) is 3. The number of aliphatic hydroxyl groups is 1. The van der Waals surface area contributed by atoms with Crippen LogP contribution in [0.4, 0.5) is 9.52 Å². The van der Waals surface area contributed by atoms with E-state index in [1.54, 1.807) is 6.92 Å². The van der Waals surface area contributed by atoms with E-state index in [0.717, 1.165) is 28.4 Å². The molecule has 1 atom stereocenters. The summed E-state index contributed by atoms with van der Waals surface area (Å²) in [6.07, 6.45) is 0. The fourth-order valence-electron chi connectivity index (χ4n) is 3.35. The standard InChI is InChI=1S/C21H16FN3O5S/c1-2-30-15-9-12(5-8-14(15)26)17-16(18(27)11-3-6-13(22)7-4-11)19(28)20(29)25(17)21-24-23-10-31-21/h3-10,17,26-27H,2H2,1H3/b18-16+/t17-/m0/s1. The van der Waals surface area contributed by atoms with Crippen molar-refractivity contribution in [2.75, 3.05) is 11.5 Å². The minimum Gasteiger partial charge on any atom is -0.507 e. The average molecular weight is 441 g/mol. The molecule has 0 radical (unpaired) electrons. The smallest absolute Gasteiger partial charge is 0.301 e. The Hall–Kier alpha value is -3.79. The highest BCUT2D eigenvalue weighted by Crippen LogP contribution is 2.44. The van der Waals surface area contributed by atoms with E-state index < -0.39 is 29.3 Å². The summed E-state index contributed by atoms with van der Waals surface area (Å²) in [4.78, 5) is 27.0. The highest BCUT2D eigenvalue weighted by molar-refractivity contribution is 7.13. The normalized spacial score (nSPS) is 17.9. The van der Waals surface area contributed by atoms with Crippen LogP contribution in [0.15, 0.2) is 53.5 Å². The van der Waals surface area contributed by atoms with E-state index in [9.17, 15) is 24.2 Å². The molecule has 0 spiro atoms. The third-order valence-electron chi connectivity index (χ3n) is 4.72. The van der Waals surface area contributed by atoms with Gasteiger partial charge in [0.2, 0.25) is 5.13 Å². The Morgan fingerprint density at radius 1 is 1.23 bits per heavy atom. The van der Waals surface area contributed by atoms with Crippen LogP contribution in [0.25, 0.3) is 5.76 Å². The number of ether oxygens (including phenoxy) is 1. The van der Waals surface area contributed by atoms with Gasteiger partial charge in [-0.15, -0.1) is 10.2 Å². The molecule has 31 heavy (non-hydrogen) atoms. The number of aromatic hydroxyl groups is 1. The maximum absolute atomic E-state index is 13.3. The molecule has 1 aliphatic heterocycles. The van der Waals surface area contributed by atoms with Crippen LogP contribution in [0.3, 0.4) is 0 Å². The van der Waals surface area contributed by atoms with Gasteiger partial charge in [-0.05, 0) is 48.9 Å². The predicted molar refractivity (Wildman–Crippen MR) is 110 cm³/mol.